The summed E-state index contributed by atoms with van der Waals surface area (Å²) in [5, 5.41) is 20.3. The van der Waals surface area contributed by atoms with Crippen molar-refractivity contribution in [1.29, 1.82) is 0 Å². The van der Waals surface area contributed by atoms with Gasteiger partial charge >= 0.3 is 0 Å². The van der Waals surface area contributed by atoms with Crippen LogP contribution < -0.4 is 4.74 Å². The first-order valence-electron chi connectivity index (χ1n) is 6.54. The van der Waals surface area contributed by atoms with Gasteiger partial charge in [-0.3, -0.25) is 0 Å². The van der Waals surface area contributed by atoms with E-state index in [1.165, 1.54) is 6.07 Å². The van der Waals surface area contributed by atoms with E-state index in [0.29, 0.717) is 11.4 Å². The van der Waals surface area contributed by atoms with Crippen LogP contribution in [-0.2, 0) is 0 Å². The molecule has 4 heteroatoms. The molecule has 21 heavy (non-hydrogen) atoms. The normalized spacial score (nSPS) is 11.1. The average molecular weight is 278 g/mol. The number of rotatable bonds is 3. The minimum Gasteiger partial charge on any atom is -0.506 e. The van der Waals surface area contributed by atoms with E-state index in [1.807, 2.05) is 42.5 Å². The molecule has 3 rings (SSSR count). The van der Waals surface area contributed by atoms with E-state index in [0.717, 1.165) is 16.5 Å². The highest BCUT2D eigenvalue weighted by Gasteiger charge is 2.03. The van der Waals surface area contributed by atoms with Crippen molar-refractivity contribution < 1.29 is 9.84 Å². The highest BCUT2D eigenvalue weighted by atomic mass is 16.5. The number of phenols is 1. The summed E-state index contributed by atoms with van der Waals surface area (Å²) in [6.45, 7) is 0. The molecule has 0 saturated heterocycles. The number of nitrogens with zero attached hydrogens (tertiary/aromatic N) is 2. The molecular weight excluding hydrogens is 264 g/mol. The summed E-state index contributed by atoms with van der Waals surface area (Å²) in [5.74, 6) is 0.694. The third-order valence-electron chi connectivity index (χ3n) is 3.21. The van der Waals surface area contributed by atoms with Crippen LogP contribution in [0.4, 0.5) is 11.4 Å². The van der Waals surface area contributed by atoms with E-state index < -0.39 is 0 Å². The molecule has 0 heterocycles. The lowest BCUT2D eigenvalue weighted by molar-refractivity contribution is 0.412. The van der Waals surface area contributed by atoms with Gasteiger partial charge in [-0.15, -0.1) is 10.2 Å². The Hall–Kier alpha value is -2.88. The average Bonchev–Trinajstić information content (AvgIpc) is 2.54. The lowest BCUT2D eigenvalue weighted by atomic mass is 10.1. The summed E-state index contributed by atoms with van der Waals surface area (Å²) in [5.41, 5.74) is 1.14. The minimum absolute atomic E-state index is 0.0692. The first-order chi connectivity index (χ1) is 10.3. The minimum atomic E-state index is 0.0692. The molecule has 1 N–H and O–H groups in total. The van der Waals surface area contributed by atoms with Gasteiger partial charge in [0, 0.05) is 11.5 Å². The van der Waals surface area contributed by atoms with Crippen LogP contribution in [0.25, 0.3) is 10.8 Å². The zero-order valence-electron chi connectivity index (χ0n) is 11.5. The lowest BCUT2D eigenvalue weighted by Crippen LogP contribution is -1.81. The topological polar surface area (TPSA) is 54.2 Å². The monoisotopic (exact) mass is 278 g/mol. The fourth-order valence-corrected chi connectivity index (χ4v) is 2.11. The van der Waals surface area contributed by atoms with Crippen molar-refractivity contribution >= 4 is 22.1 Å². The molecule has 0 saturated carbocycles. The highest BCUT2D eigenvalue weighted by molar-refractivity contribution is 5.92. The summed E-state index contributed by atoms with van der Waals surface area (Å²) in [7, 11) is 1.57. The second kappa shape index (κ2) is 5.63. The lowest BCUT2D eigenvalue weighted by Gasteiger charge is -2.03. The third-order valence-corrected chi connectivity index (χ3v) is 3.21. The number of hydrogen-bond donors (Lipinski definition) is 1. The summed E-state index contributed by atoms with van der Waals surface area (Å²) < 4.78 is 5.12. The number of ether oxygens (including phenoxy) is 1. The van der Waals surface area contributed by atoms with Crippen LogP contribution in [0, 0.1) is 0 Å². The Balaban J connectivity index is 2.02. The second-order valence-corrected chi connectivity index (χ2v) is 4.55. The fraction of sp³-hybridized carbons (Fsp3) is 0.0588. The fourth-order valence-electron chi connectivity index (χ4n) is 2.11. The first-order valence-corrected chi connectivity index (χ1v) is 6.54. The Morgan fingerprint density at radius 3 is 2.48 bits per heavy atom. The number of methoxy groups -OCH3 is 1. The molecule has 0 atom stereocenters. The summed E-state index contributed by atoms with van der Waals surface area (Å²) in [6.07, 6.45) is 0. The highest BCUT2D eigenvalue weighted by Crippen LogP contribution is 2.33. The molecule has 0 fully saturated rings. The maximum absolute atomic E-state index is 9.81. The Bertz CT molecular complexity index is 807. The molecule has 0 bridgehead atoms. The summed E-state index contributed by atoms with van der Waals surface area (Å²) in [6, 6.07) is 18.7. The molecule has 0 spiro atoms. The van der Waals surface area contributed by atoms with Crippen molar-refractivity contribution in [2.75, 3.05) is 7.11 Å². The van der Waals surface area contributed by atoms with E-state index in [4.69, 9.17) is 4.74 Å². The standard InChI is InChI=1S/C17H14N2O2/c1-21-13-9-10-17(20)16(11-13)19-18-15-8-4-6-12-5-2-3-7-14(12)15/h2-11,20H,1H3. The van der Waals surface area contributed by atoms with E-state index in [9.17, 15) is 5.11 Å². The maximum atomic E-state index is 9.81. The first kappa shape index (κ1) is 13.1. The van der Waals surface area contributed by atoms with Gasteiger partial charge in [-0.05, 0) is 23.6 Å². The maximum Gasteiger partial charge on any atom is 0.143 e. The second-order valence-electron chi connectivity index (χ2n) is 4.55. The van der Waals surface area contributed by atoms with Gasteiger partial charge in [0.1, 0.15) is 17.2 Å². The van der Waals surface area contributed by atoms with Gasteiger partial charge in [0.25, 0.3) is 0 Å². The van der Waals surface area contributed by atoms with Gasteiger partial charge in [-0.2, -0.15) is 0 Å². The molecule has 0 radical (unpaired) electrons. The van der Waals surface area contributed by atoms with Crippen molar-refractivity contribution in [1.82, 2.24) is 0 Å². The number of hydrogen-bond acceptors (Lipinski definition) is 4. The Morgan fingerprint density at radius 1 is 0.857 bits per heavy atom. The Labute approximate surface area is 122 Å². The molecule has 0 aromatic heterocycles. The number of fused-ring (bicyclic) bond motifs is 1. The summed E-state index contributed by atoms with van der Waals surface area (Å²) >= 11 is 0. The molecule has 104 valence electrons. The van der Waals surface area contributed by atoms with Crippen molar-refractivity contribution in [2.24, 2.45) is 10.2 Å². The van der Waals surface area contributed by atoms with Gasteiger partial charge in [-0.1, -0.05) is 36.4 Å². The molecule has 3 aromatic carbocycles. The zero-order chi connectivity index (χ0) is 14.7. The predicted octanol–water partition coefficient (Wildman–Crippen LogP) is 4.97. The molecule has 0 aliphatic carbocycles. The molecule has 4 nitrogen and oxygen atoms in total. The van der Waals surface area contributed by atoms with Crippen LogP contribution >= 0.6 is 0 Å². The predicted molar refractivity (Wildman–Crippen MR) is 82.8 cm³/mol. The number of aromatic hydroxyl groups is 1. The van der Waals surface area contributed by atoms with Crippen molar-refractivity contribution in [3.63, 3.8) is 0 Å². The van der Waals surface area contributed by atoms with Crippen LogP contribution in [0.2, 0.25) is 0 Å². The van der Waals surface area contributed by atoms with Crippen molar-refractivity contribution in [3.05, 3.63) is 60.7 Å². The largest absolute Gasteiger partial charge is 0.506 e. The van der Waals surface area contributed by atoms with Crippen molar-refractivity contribution in [2.45, 2.75) is 0 Å². The van der Waals surface area contributed by atoms with Gasteiger partial charge < -0.3 is 9.84 Å². The smallest absolute Gasteiger partial charge is 0.143 e. The SMILES string of the molecule is COc1ccc(O)c(N=Nc2cccc3ccccc23)c1. The molecule has 0 aliphatic rings. The third kappa shape index (κ3) is 2.69. The van der Waals surface area contributed by atoms with Gasteiger partial charge in [0.2, 0.25) is 0 Å². The van der Waals surface area contributed by atoms with E-state index in [2.05, 4.69) is 10.2 Å². The molecule has 0 aliphatic heterocycles. The molecule has 0 amide bonds. The van der Waals surface area contributed by atoms with Crippen LogP contribution in [-0.4, -0.2) is 12.2 Å². The van der Waals surface area contributed by atoms with Crippen LogP contribution in [0.5, 0.6) is 11.5 Å². The number of phenolic OH excluding ortho intramolecular Hbond substituents is 1. The molecule has 3 aromatic rings. The number of azo groups is 1. The number of benzene rings is 3. The van der Waals surface area contributed by atoms with E-state index in [-0.39, 0.29) is 5.75 Å². The van der Waals surface area contributed by atoms with Crippen molar-refractivity contribution in [3.8, 4) is 11.5 Å². The van der Waals surface area contributed by atoms with Gasteiger partial charge in [0.15, 0.2) is 0 Å². The van der Waals surface area contributed by atoms with Crippen LogP contribution in [0.1, 0.15) is 0 Å². The van der Waals surface area contributed by atoms with E-state index >= 15 is 0 Å². The van der Waals surface area contributed by atoms with Crippen LogP contribution in [0.3, 0.4) is 0 Å². The Morgan fingerprint density at radius 2 is 1.62 bits per heavy atom. The zero-order valence-corrected chi connectivity index (χ0v) is 11.5. The van der Waals surface area contributed by atoms with E-state index in [1.54, 1.807) is 19.2 Å². The summed E-state index contributed by atoms with van der Waals surface area (Å²) in [4.78, 5) is 0. The molecular formula is C17H14N2O2. The van der Waals surface area contributed by atoms with Gasteiger partial charge in [-0.25, -0.2) is 0 Å². The molecule has 0 unspecified atom stereocenters. The van der Waals surface area contributed by atoms with Gasteiger partial charge in [0.05, 0.1) is 12.8 Å². The van der Waals surface area contributed by atoms with Crippen LogP contribution in [0.15, 0.2) is 70.9 Å². The quantitative estimate of drug-likeness (QED) is 0.688. The Kier molecular flexibility index (Phi) is 3.51.